The summed E-state index contributed by atoms with van der Waals surface area (Å²) in [7, 11) is 0. The van der Waals surface area contributed by atoms with Crippen molar-refractivity contribution in [2.24, 2.45) is 5.92 Å². The van der Waals surface area contributed by atoms with Gasteiger partial charge in [-0.05, 0) is 25.7 Å². The summed E-state index contributed by atoms with van der Waals surface area (Å²) >= 11 is 0. The van der Waals surface area contributed by atoms with E-state index in [0.717, 1.165) is 18.9 Å². The summed E-state index contributed by atoms with van der Waals surface area (Å²) in [5.41, 5.74) is 0. The molecule has 3 nitrogen and oxygen atoms in total. The molecule has 0 aromatic rings. The lowest BCUT2D eigenvalue weighted by molar-refractivity contribution is -0.143. The first-order chi connectivity index (χ1) is 7.26. The fourth-order valence-corrected chi connectivity index (χ4v) is 1.76. The summed E-state index contributed by atoms with van der Waals surface area (Å²) < 4.78 is 4.87. The Morgan fingerprint density at radius 1 is 1.47 bits per heavy atom. The Morgan fingerprint density at radius 3 is 2.73 bits per heavy atom. The molecule has 1 rings (SSSR count). The third-order valence-electron chi connectivity index (χ3n) is 2.88. The van der Waals surface area contributed by atoms with Crippen LogP contribution in [-0.4, -0.2) is 25.2 Å². The van der Waals surface area contributed by atoms with Crippen LogP contribution in [0.1, 0.15) is 46.0 Å². The number of hydrogen-bond donors (Lipinski definition) is 1. The smallest absolute Gasteiger partial charge is 0.307 e. The van der Waals surface area contributed by atoms with Gasteiger partial charge in [-0.2, -0.15) is 0 Å². The zero-order chi connectivity index (χ0) is 11.1. The van der Waals surface area contributed by atoms with Crippen LogP contribution in [0.15, 0.2) is 0 Å². The first-order valence-electron chi connectivity index (χ1n) is 6.15. The van der Waals surface area contributed by atoms with Crippen molar-refractivity contribution in [3.63, 3.8) is 0 Å². The summed E-state index contributed by atoms with van der Waals surface area (Å²) in [4.78, 5) is 11.1. The van der Waals surface area contributed by atoms with E-state index in [1.165, 1.54) is 19.3 Å². The van der Waals surface area contributed by atoms with Gasteiger partial charge >= 0.3 is 5.97 Å². The van der Waals surface area contributed by atoms with Gasteiger partial charge in [0.15, 0.2) is 0 Å². The van der Waals surface area contributed by atoms with E-state index in [4.69, 9.17) is 4.74 Å². The molecule has 1 fully saturated rings. The Kier molecular flexibility index (Phi) is 5.69. The highest BCUT2D eigenvalue weighted by molar-refractivity contribution is 5.69. The Labute approximate surface area is 92.6 Å². The SMILES string of the molecule is CCOC(=O)CCNC(CC)CC1CC1. The Hall–Kier alpha value is -0.570. The lowest BCUT2D eigenvalue weighted by Gasteiger charge is -2.16. The van der Waals surface area contributed by atoms with E-state index in [2.05, 4.69) is 12.2 Å². The minimum Gasteiger partial charge on any atom is -0.466 e. The van der Waals surface area contributed by atoms with Crippen LogP contribution in [0.3, 0.4) is 0 Å². The van der Waals surface area contributed by atoms with Crippen LogP contribution in [0, 0.1) is 5.92 Å². The number of nitrogens with one attached hydrogen (secondary N) is 1. The van der Waals surface area contributed by atoms with Crippen molar-refractivity contribution in [3.8, 4) is 0 Å². The fraction of sp³-hybridized carbons (Fsp3) is 0.917. The van der Waals surface area contributed by atoms with Gasteiger partial charge in [-0.1, -0.05) is 19.8 Å². The molecule has 0 aromatic carbocycles. The van der Waals surface area contributed by atoms with E-state index in [1.807, 2.05) is 6.92 Å². The second-order valence-corrected chi connectivity index (χ2v) is 4.29. The molecule has 0 saturated heterocycles. The molecule has 1 atom stereocenters. The second kappa shape index (κ2) is 6.83. The number of carbonyl (C=O) groups is 1. The van der Waals surface area contributed by atoms with Crippen LogP contribution in [0.4, 0.5) is 0 Å². The highest BCUT2D eigenvalue weighted by atomic mass is 16.5. The molecule has 0 spiro atoms. The topological polar surface area (TPSA) is 38.3 Å². The molecule has 0 heterocycles. The molecule has 0 bridgehead atoms. The molecule has 88 valence electrons. The summed E-state index contributed by atoms with van der Waals surface area (Å²) in [6.45, 7) is 5.28. The molecular weight excluding hydrogens is 190 g/mol. The van der Waals surface area contributed by atoms with Crippen molar-refractivity contribution in [3.05, 3.63) is 0 Å². The van der Waals surface area contributed by atoms with Crippen LogP contribution in [0.2, 0.25) is 0 Å². The maximum absolute atomic E-state index is 11.1. The molecule has 1 N–H and O–H groups in total. The molecule has 3 heteroatoms. The normalized spacial score (nSPS) is 17.5. The van der Waals surface area contributed by atoms with Crippen LogP contribution in [0.5, 0.6) is 0 Å². The van der Waals surface area contributed by atoms with E-state index in [-0.39, 0.29) is 5.97 Å². The number of hydrogen-bond acceptors (Lipinski definition) is 3. The average molecular weight is 213 g/mol. The lowest BCUT2D eigenvalue weighted by Crippen LogP contribution is -2.31. The van der Waals surface area contributed by atoms with Gasteiger partial charge in [0, 0.05) is 12.6 Å². The predicted molar refractivity (Wildman–Crippen MR) is 60.7 cm³/mol. The van der Waals surface area contributed by atoms with Gasteiger partial charge in [0.25, 0.3) is 0 Å². The second-order valence-electron chi connectivity index (χ2n) is 4.29. The van der Waals surface area contributed by atoms with Gasteiger partial charge in [0.2, 0.25) is 0 Å². The van der Waals surface area contributed by atoms with Crippen molar-refractivity contribution < 1.29 is 9.53 Å². The van der Waals surface area contributed by atoms with E-state index in [0.29, 0.717) is 19.1 Å². The van der Waals surface area contributed by atoms with Crippen LogP contribution in [0.25, 0.3) is 0 Å². The minimum atomic E-state index is -0.0914. The third kappa shape index (κ3) is 5.78. The summed E-state index contributed by atoms with van der Waals surface area (Å²) in [6, 6.07) is 0.590. The molecule has 0 aromatic heterocycles. The highest BCUT2D eigenvalue weighted by Gasteiger charge is 2.24. The molecular formula is C12H23NO2. The Balaban J connectivity index is 2.02. The largest absolute Gasteiger partial charge is 0.466 e. The first-order valence-corrected chi connectivity index (χ1v) is 6.15. The fourth-order valence-electron chi connectivity index (χ4n) is 1.76. The molecule has 15 heavy (non-hydrogen) atoms. The molecule has 1 aliphatic carbocycles. The minimum absolute atomic E-state index is 0.0914. The molecule has 1 aliphatic rings. The first kappa shape index (κ1) is 12.5. The lowest BCUT2D eigenvalue weighted by atomic mass is 10.1. The van der Waals surface area contributed by atoms with Crippen LogP contribution < -0.4 is 5.32 Å². The Bertz CT molecular complexity index is 190. The predicted octanol–water partition coefficient (Wildman–Crippen LogP) is 2.11. The number of rotatable bonds is 8. The monoisotopic (exact) mass is 213 g/mol. The van der Waals surface area contributed by atoms with Crippen LogP contribution >= 0.6 is 0 Å². The molecule has 0 aliphatic heterocycles. The van der Waals surface area contributed by atoms with Crippen LogP contribution in [-0.2, 0) is 9.53 Å². The third-order valence-corrected chi connectivity index (χ3v) is 2.88. The molecule has 0 radical (unpaired) electrons. The number of ether oxygens (including phenoxy) is 1. The number of esters is 1. The van der Waals surface area contributed by atoms with Crippen molar-refractivity contribution in [1.29, 1.82) is 0 Å². The van der Waals surface area contributed by atoms with E-state index >= 15 is 0 Å². The maximum atomic E-state index is 11.1. The van der Waals surface area contributed by atoms with Gasteiger partial charge in [-0.3, -0.25) is 4.79 Å². The summed E-state index contributed by atoms with van der Waals surface area (Å²) in [5, 5.41) is 3.43. The van der Waals surface area contributed by atoms with Crippen molar-refractivity contribution in [2.45, 2.75) is 52.0 Å². The van der Waals surface area contributed by atoms with Crippen molar-refractivity contribution in [2.75, 3.05) is 13.2 Å². The van der Waals surface area contributed by atoms with Gasteiger partial charge in [-0.25, -0.2) is 0 Å². The summed E-state index contributed by atoms with van der Waals surface area (Å²) in [5.74, 6) is 0.858. The zero-order valence-corrected chi connectivity index (χ0v) is 9.92. The van der Waals surface area contributed by atoms with Gasteiger partial charge < -0.3 is 10.1 Å². The highest BCUT2D eigenvalue weighted by Crippen LogP contribution is 2.33. The van der Waals surface area contributed by atoms with Gasteiger partial charge in [-0.15, -0.1) is 0 Å². The van der Waals surface area contributed by atoms with E-state index in [9.17, 15) is 4.79 Å². The molecule has 1 saturated carbocycles. The summed E-state index contributed by atoms with van der Waals surface area (Å²) in [6.07, 6.45) is 5.72. The standard InChI is InChI=1S/C12H23NO2/c1-3-11(9-10-5-6-10)13-8-7-12(14)15-4-2/h10-11,13H,3-9H2,1-2H3. The van der Waals surface area contributed by atoms with Gasteiger partial charge in [0.1, 0.15) is 0 Å². The van der Waals surface area contributed by atoms with Crippen molar-refractivity contribution >= 4 is 5.97 Å². The Morgan fingerprint density at radius 2 is 2.20 bits per heavy atom. The average Bonchev–Trinajstić information content (AvgIpc) is 3.00. The van der Waals surface area contributed by atoms with Gasteiger partial charge in [0.05, 0.1) is 13.0 Å². The number of carbonyl (C=O) groups excluding carboxylic acids is 1. The maximum Gasteiger partial charge on any atom is 0.307 e. The van der Waals surface area contributed by atoms with E-state index in [1.54, 1.807) is 0 Å². The molecule has 1 unspecified atom stereocenters. The molecule has 0 amide bonds. The zero-order valence-electron chi connectivity index (χ0n) is 9.92. The van der Waals surface area contributed by atoms with E-state index < -0.39 is 0 Å². The van der Waals surface area contributed by atoms with Crippen molar-refractivity contribution in [1.82, 2.24) is 5.32 Å². The quantitative estimate of drug-likeness (QED) is 0.628.